The van der Waals surface area contributed by atoms with E-state index in [1.165, 1.54) is 12.8 Å². The average molecular weight is 205 g/mol. The van der Waals surface area contributed by atoms with Crippen LogP contribution in [0, 0.1) is 0 Å². The lowest BCUT2D eigenvalue weighted by molar-refractivity contribution is 0.334. The van der Waals surface area contributed by atoms with Gasteiger partial charge in [0.2, 0.25) is 0 Å². The molecule has 0 radical (unpaired) electrons. The van der Waals surface area contributed by atoms with Crippen LogP contribution in [-0.2, 0) is 4.43 Å². The summed E-state index contributed by atoms with van der Waals surface area (Å²) in [4.78, 5) is 0. The van der Waals surface area contributed by atoms with Crippen molar-refractivity contribution in [3.63, 3.8) is 0 Å². The minimum absolute atomic E-state index is 0.720. The molecule has 5 heteroatoms. The van der Waals surface area contributed by atoms with Gasteiger partial charge in [-0.1, -0.05) is 0 Å². The molecular formula is C8H23N3OSi. The molecule has 4 N–H and O–H groups in total. The van der Waals surface area contributed by atoms with Crippen LogP contribution in [0.4, 0.5) is 0 Å². The second kappa shape index (κ2) is 12.1. The van der Waals surface area contributed by atoms with Crippen LogP contribution in [-0.4, -0.2) is 49.8 Å². The lowest BCUT2D eigenvalue weighted by atomic mass is 10.3. The van der Waals surface area contributed by atoms with Crippen molar-refractivity contribution in [3.05, 3.63) is 0 Å². The third-order valence-corrected chi connectivity index (χ3v) is 2.16. The van der Waals surface area contributed by atoms with Crippen molar-refractivity contribution in [1.82, 2.24) is 10.6 Å². The Hall–Kier alpha value is 0.0569. The van der Waals surface area contributed by atoms with Crippen molar-refractivity contribution in [2.75, 3.05) is 39.3 Å². The first-order valence-electron chi connectivity index (χ1n) is 5.02. The maximum Gasteiger partial charge on any atom is 0.145 e. The standard InChI is InChI=1S/C8H23N3OSi/c9-3-5-11-7-6-10-4-1-2-8-12-13/h10-11H,1-9H2,13H3. The van der Waals surface area contributed by atoms with Crippen molar-refractivity contribution in [2.24, 2.45) is 5.73 Å². The van der Waals surface area contributed by atoms with Crippen LogP contribution < -0.4 is 16.4 Å². The molecule has 0 unspecified atom stereocenters. The summed E-state index contributed by atoms with van der Waals surface area (Å²) in [6, 6.07) is 0. The van der Waals surface area contributed by atoms with Gasteiger partial charge in [0.1, 0.15) is 10.5 Å². The molecule has 0 aliphatic carbocycles. The Morgan fingerprint density at radius 1 is 1.00 bits per heavy atom. The molecule has 13 heavy (non-hydrogen) atoms. The van der Waals surface area contributed by atoms with Crippen LogP contribution in [0.1, 0.15) is 12.8 Å². The zero-order valence-corrected chi connectivity index (χ0v) is 10.6. The molecule has 0 heterocycles. The number of unbranched alkanes of at least 4 members (excludes halogenated alkanes) is 1. The Labute approximate surface area is 84.1 Å². The van der Waals surface area contributed by atoms with E-state index in [1.54, 1.807) is 0 Å². The van der Waals surface area contributed by atoms with E-state index in [0.29, 0.717) is 0 Å². The average Bonchev–Trinajstić information content (AvgIpc) is 2.16. The second-order valence-electron chi connectivity index (χ2n) is 2.99. The van der Waals surface area contributed by atoms with Gasteiger partial charge < -0.3 is 20.8 Å². The molecule has 0 aliphatic heterocycles. The highest BCUT2D eigenvalue weighted by molar-refractivity contribution is 5.97. The topological polar surface area (TPSA) is 59.3 Å². The first-order valence-corrected chi connectivity index (χ1v) is 5.84. The smallest absolute Gasteiger partial charge is 0.145 e. The predicted octanol–water partition coefficient (Wildman–Crippen LogP) is -1.80. The number of hydrogen-bond acceptors (Lipinski definition) is 4. The highest BCUT2D eigenvalue weighted by atomic mass is 28.2. The van der Waals surface area contributed by atoms with E-state index in [9.17, 15) is 0 Å². The van der Waals surface area contributed by atoms with Gasteiger partial charge in [0.05, 0.1) is 0 Å². The fourth-order valence-corrected chi connectivity index (χ4v) is 1.31. The van der Waals surface area contributed by atoms with Gasteiger partial charge in [-0.15, -0.1) is 0 Å². The lowest BCUT2D eigenvalue weighted by Gasteiger charge is -2.05. The fraction of sp³-hybridized carbons (Fsp3) is 1.00. The normalized spacial score (nSPS) is 10.8. The van der Waals surface area contributed by atoms with E-state index >= 15 is 0 Å². The highest BCUT2D eigenvalue weighted by Crippen LogP contribution is 1.85. The van der Waals surface area contributed by atoms with Gasteiger partial charge in [-0.25, -0.2) is 0 Å². The van der Waals surface area contributed by atoms with Crippen molar-refractivity contribution in [2.45, 2.75) is 12.8 Å². The Morgan fingerprint density at radius 2 is 1.69 bits per heavy atom. The molecule has 0 rings (SSSR count). The molecule has 0 atom stereocenters. The summed E-state index contributed by atoms with van der Waals surface area (Å²) in [6.07, 6.45) is 2.38. The minimum atomic E-state index is 0.720. The molecule has 0 saturated heterocycles. The molecule has 0 aromatic carbocycles. The van der Waals surface area contributed by atoms with Crippen molar-refractivity contribution in [3.8, 4) is 0 Å². The van der Waals surface area contributed by atoms with Gasteiger partial charge in [-0.05, 0) is 19.4 Å². The van der Waals surface area contributed by atoms with Gasteiger partial charge in [-0.3, -0.25) is 0 Å². The molecule has 0 amide bonds. The summed E-state index contributed by atoms with van der Waals surface area (Å²) in [5.74, 6) is 0. The Balaban J connectivity index is 2.76. The Morgan fingerprint density at radius 3 is 2.31 bits per heavy atom. The highest BCUT2D eigenvalue weighted by Gasteiger charge is 1.88. The molecule has 0 fully saturated rings. The first-order chi connectivity index (χ1) is 6.41. The largest absolute Gasteiger partial charge is 0.428 e. The van der Waals surface area contributed by atoms with E-state index in [-0.39, 0.29) is 0 Å². The molecular weight excluding hydrogens is 182 g/mol. The van der Waals surface area contributed by atoms with E-state index in [2.05, 4.69) is 10.6 Å². The van der Waals surface area contributed by atoms with E-state index in [1.807, 2.05) is 0 Å². The molecule has 4 nitrogen and oxygen atoms in total. The molecule has 0 bridgehead atoms. The molecule has 0 aromatic rings. The van der Waals surface area contributed by atoms with Crippen molar-refractivity contribution in [1.29, 1.82) is 0 Å². The van der Waals surface area contributed by atoms with Gasteiger partial charge in [0, 0.05) is 32.8 Å². The van der Waals surface area contributed by atoms with Crippen LogP contribution in [0.3, 0.4) is 0 Å². The SMILES string of the molecule is NCCNCCNCCCCO[SiH3]. The first kappa shape index (κ1) is 13.1. The molecule has 0 spiro atoms. The van der Waals surface area contributed by atoms with Crippen LogP contribution in [0.2, 0.25) is 0 Å². The van der Waals surface area contributed by atoms with Gasteiger partial charge >= 0.3 is 0 Å². The Kier molecular flexibility index (Phi) is 12.1. The summed E-state index contributed by atoms with van der Waals surface area (Å²) in [5.41, 5.74) is 5.33. The van der Waals surface area contributed by atoms with E-state index in [4.69, 9.17) is 10.2 Å². The number of nitrogens with one attached hydrogen (secondary N) is 2. The summed E-state index contributed by atoms with van der Waals surface area (Å²) in [7, 11) is 0.868. The predicted molar refractivity (Wildman–Crippen MR) is 59.9 cm³/mol. The second-order valence-corrected chi connectivity index (χ2v) is 3.57. The zero-order chi connectivity index (χ0) is 9.78. The number of nitrogens with two attached hydrogens (primary N) is 1. The van der Waals surface area contributed by atoms with E-state index in [0.717, 1.165) is 49.8 Å². The van der Waals surface area contributed by atoms with E-state index < -0.39 is 0 Å². The fourth-order valence-electron chi connectivity index (χ4n) is 1.03. The van der Waals surface area contributed by atoms with Gasteiger partial charge in [0.25, 0.3) is 0 Å². The third kappa shape index (κ3) is 12.1. The lowest BCUT2D eigenvalue weighted by Crippen LogP contribution is -2.31. The van der Waals surface area contributed by atoms with Crippen LogP contribution in [0.25, 0.3) is 0 Å². The maximum absolute atomic E-state index is 5.33. The maximum atomic E-state index is 5.33. The van der Waals surface area contributed by atoms with Crippen molar-refractivity contribution >= 4 is 10.5 Å². The molecule has 0 saturated carbocycles. The summed E-state index contributed by atoms with van der Waals surface area (Å²) >= 11 is 0. The summed E-state index contributed by atoms with van der Waals surface area (Å²) in [6.45, 7) is 5.69. The quantitative estimate of drug-likeness (QED) is 0.291. The number of hydrogen-bond donors (Lipinski definition) is 3. The molecule has 0 aliphatic rings. The minimum Gasteiger partial charge on any atom is -0.428 e. The summed E-state index contributed by atoms with van der Waals surface area (Å²) < 4.78 is 5.09. The molecule has 0 aromatic heterocycles. The third-order valence-electron chi connectivity index (χ3n) is 1.75. The van der Waals surface area contributed by atoms with Gasteiger partial charge in [0.15, 0.2) is 0 Å². The Bertz CT molecular complexity index is 85.5. The molecule has 80 valence electrons. The number of rotatable bonds is 10. The monoisotopic (exact) mass is 205 g/mol. The van der Waals surface area contributed by atoms with Crippen molar-refractivity contribution < 1.29 is 4.43 Å². The van der Waals surface area contributed by atoms with Crippen LogP contribution in [0.5, 0.6) is 0 Å². The summed E-state index contributed by atoms with van der Waals surface area (Å²) in [5, 5.41) is 6.59. The van der Waals surface area contributed by atoms with Crippen LogP contribution >= 0.6 is 0 Å². The van der Waals surface area contributed by atoms with Gasteiger partial charge in [-0.2, -0.15) is 0 Å². The zero-order valence-electron chi connectivity index (χ0n) is 8.64. The van der Waals surface area contributed by atoms with Crippen LogP contribution in [0.15, 0.2) is 0 Å².